The van der Waals surface area contributed by atoms with Crippen molar-refractivity contribution in [3.8, 4) is 5.75 Å². The second kappa shape index (κ2) is 5.53. The van der Waals surface area contributed by atoms with Crippen molar-refractivity contribution in [2.45, 2.75) is 25.3 Å². The Bertz CT molecular complexity index is 442. The van der Waals surface area contributed by atoms with Gasteiger partial charge in [-0.25, -0.2) is 4.79 Å². The first kappa shape index (κ1) is 12.4. The number of aromatic hydroxyl groups is 1. The van der Waals surface area contributed by atoms with Crippen LogP contribution in [0.5, 0.6) is 5.75 Å². The van der Waals surface area contributed by atoms with Crippen molar-refractivity contribution in [3.05, 3.63) is 29.8 Å². The number of carboxylic acids is 1. The van der Waals surface area contributed by atoms with Gasteiger partial charge in [-0.15, -0.1) is 0 Å². The number of piperidine rings is 1. The molecule has 0 amide bonds. The van der Waals surface area contributed by atoms with Crippen molar-refractivity contribution in [1.82, 2.24) is 5.01 Å². The summed E-state index contributed by atoms with van der Waals surface area (Å²) < 4.78 is 0. The number of hydrogen-bond donors (Lipinski definition) is 2. The Kier molecular flexibility index (Phi) is 3.82. The average Bonchev–Trinajstić information content (AvgIpc) is 2.38. The van der Waals surface area contributed by atoms with Crippen LogP contribution in [-0.2, 0) is 4.79 Å². The number of hydrazone groups is 1. The summed E-state index contributed by atoms with van der Waals surface area (Å²) in [6, 6.07) is 6.10. The first-order valence-electron chi connectivity index (χ1n) is 5.99. The lowest BCUT2D eigenvalue weighted by Crippen LogP contribution is -2.41. The van der Waals surface area contributed by atoms with Gasteiger partial charge >= 0.3 is 5.97 Å². The molecule has 0 aliphatic carbocycles. The van der Waals surface area contributed by atoms with E-state index in [1.165, 1.54) is 0 Å². The molecule has 0 aromatic heterocycles. The number of carbonyl (C=O) groups is 1. The van der Waals surface area contributed by atoms with Gasteiger partial charge in [0, 0.05) is 6.54 Å². The van der Waals surface area contributed by atoms with Gasteiger partial charge in [0.1, 0.15) is 11.8 Å². The van der Waals surface area contributed by atoms with E-state index in [0.29, 0.717) is 13.0 Å². The molecular weight excluding hydrogens is 232 g/mol. The summed E-state index contributed by atoms with van der Waals surface area (Å²) in [4.78, 5) is 11.1. The maximum atomic E-state index is 11.1. The second-order valence-corrected chi connectivity index (χ2v) is 4.35. The summed E-state index contributed by atoms with van der Waals surface area (Å²) in [6.07, 6.45) is 4.17. The number of phenols is 1. The van der Waals surface area contributed by atoms with E-state index in [4.69, 9.17) is 10.2 Å². The van der Waals surface area contributed by atoms with Gasteiger partial charge in [0.15, 0.2) is 0 Å². The van der Waals surface area contributed by atoms with Crippen molar-refractivity contribution in [2.75, 3.05) is 6.54 Å². The van der Waals surface area contributed by atoms with Crippen LogP contribution >= 0.6 is 0 Å². The SMILES string of the molecule is O=C(O)C1CCCCN1/N=C/c1ccc(O)cc1. The predicted molar refractivity (Wildman–Crippen MR) is 67.7 cm³/mol. The van der Waals surface area contributed by atoms with Gasteiger partial charge in [0.25, 0.3) is 0 Å². The summed E-state index contributed by atoms with van der Waals surface area (Å²) in [5.41, 5.74) is 0.836. The molecule has 1 aromatic rings. The van der Waals surface area contributed by atoms with Crippen molar-refractivity contribution in [2.24, 2.45) is 5.10 Å². The quantitative estimate of drug-likeness (QED) is 0.798. The van der Waals surface area contributed by atoms with E-state index in [-0.39, 0.29) is 5.75 Å². The lowest BCUT2D eigenvalue weighted by atomic mass is 10.0. The van der Waals surface area contributed by atoms with Crippen LogP contribution in [0.4, 0.5) is 0 Å². The zero-order valence-corrected chi connectivity index (χ0v) is 9.99. The normalized spacial score (nSPS) is 20.2. The molecule has 5 nitrogen and oxygen atoms in total. The fraction of sp³-hybridized carbons (Fsp3) is 0.385. The minimum Gasteiger partial charge on any atom is -0.508 e. The molecule has 5 heteroatoms. The van der Waals surface area contributed by atoms with E-state index < -0.39 is 12.0 Å². The number of benzene rings is 1. The van der Waals surface area contributed by atoms with E-state index in [2.05, 4.69) is 5.10 Å². The van der Waals surface area contributed by atoms with Crippen LogP contribution in [-0.4, -0.2) is 40.0 Å². The lowest BCUT2D eigenvalue weighted by Gasteiger charge is -2.30. The van der Waals surface area contributed by atoms with E-state index in [9.17, 15) is 4.79 Å². The first-order valence-corrected chi connectivity index (χ1v) is 5.99. The van der Waals surface area contributed by atoms with Gasteiger partial charge in [-0.1, -0.05) is 0 Å². The van der Waals surface area contributed by atoms with Crippen LogP contribution in [0.2, 0.25) is 0 Å². The summed E-state index contributed by atoms with van der Waals surface area (Å²) in [6.45, 7) is 0.672. The third-order valence-corrected chi connectivity index (χ3v) is 3.01. The van der Waals surface area contributed by atoms with Crippen LogP contribution in [0.3, 0.4) is 0 Å². The highest BCUT2D eigenvalue weighted by atomic mass is 16.4. The van der Waals surface area contributed by atoms with Crippen molar-refractivity contribution in [3.63, 3.8) is 0 Å². The van der Waals surface area contributed by atoms with E-state index in [1.807, 2.05) is 0 Å². The van der Waals surface area contributed by atoms with Gasteiger partial charge in [0.05, 0.1) is 6.21 Å². The molecule has 0 bridgehead atoms. The molecule has 1 aromatic carbocycles. The Hall–Kier alpha value is -2.04. The average molecular weight is 248 g/mol. The van der Waals surface area contributed by atoms with Crippen LogP contribution < -0.4 is 0 Å². The monoisotopic (exact) mass is 248 g/mol. The van der Waals surface area contributed by atoms with E-state index in [1.54, 1.807) is 35.5 Å². The third-order valence-electron chi connectivity index (χ3n) is 3.01. The van der Waals surface area contributed by atoms with Gasteiger partial charge in [-0.2, -0.15) is 5.10 Å². The number of hydrogen-bond acceptors (Lipinski definition) is 4. The highest BCUT2D eigenvalue weighted by Crippen LogP contribution is 2.17. The lowest BCUT2D eigenvalue weighted by molar-refractivity contribution is -0.144. The fourth-order valence-electron chi connectivity index (χ4n) is 2.01. The van der Waals surface area contributed by atoms with Gasteiger partial charge in [0.2, 0.25) is 0 Å². The Morgan fingerprint density at radius 2 is 2.06 bits per heavy atom. The van der Waals surface area contributed by atoms with Gasteiger partial charge in [-0.05, 0) is 49.1 Å². The molecule has 1 fully saturated rings. The van der Waals surface area contributed by atoms with Crippen LogP contribution in [0.25, 0.3) is 0 Å². The molecule has 2 N–H and O–H groups in total. The highest BCUT2D eigenvalue weighted by Gasteiger charge is 2.26. The van der Waals surface area contributed by atoms with Crippen LogP contribution in [0.15, 0.2) is 29.4 Å². The molecule has 96 valence electrons. The number of nitrogens with zero attached hydrogens (tertiary/aromatic N) is 2. The molecule has 1 saturated heterocycles. The summed E-state index contributed by atoms with van der Waals surface area (Å²) in [7, 11) is 0. The van der Waals surface area contributed by atoms with Crippen LogP contribution in [0, 0.1) is 0 Å². The Morgan fingerprint density at radius 1 is 1.33 bits per heavy atom. The zero-order chi connectivity index (χ0) is 13.0. The molecular formula is C13H16N2O3. The van der Waals surface area contributed by atoms with Crippen molar-refractivity contribution in [1.29, 1.82) is 0 Å². The third kappa shape index (κ3) is 3.00. The minimum atomic E-state index is -0.822. The molecule has 1 aliphatic heterocycles. The summed E-state index contributed by atoms with van der Waals surface area (Å²) in [5.74, 6) is -0.619. The zero-order valence-electron chi connectivity index (χ0n) is 9.99. The molecule has 2 rings (SSSR count). The Balaban J connectivity index is 2.06. The molecule has 0 spiro atoms. The highest BCUT2D eigenvalue weighted by molar-refractivity contribution is 5.80. The maximum absolute atomic E-state index is 11.1. The molecule has 1 aliphatic rings. The predicted octanol–water partition coefficient (Wildman–Crippen LogP) is 1.67. The largest absolute Gasteiger partial charge is 0.508 e. The summed E-state index contributed by atoms with van der Waals surface area (Å²) in [5, 5.41) is 24.1. The fourth-order valence-corrected chi connectivity index (χ4v) is 2.01. The molecule has 0 saturated carbocycles. The van der Waals surface area contributed by atoms with E-state index in [0.717, 1.165) is 18.4 Å². The molecule has 18 heavy (non-hydrogen) atoms. The Labute approximate surface area is 105 Å². The maximum Gasteiger partial charge on any atom is 0.328 e. The van der Waals surface area contributed by atoms with Gasteiger partial charge in [-0.3, -0.25) is 5.01 Å². The molecule has 1 atom stereocenters. The number of carboxylic acid groups (broad SMARTS) is 1. The number of rotatable bonds is 3. The summed E-state index contributed by atoms with van der Waals surface area (Å²) >= 11 is 0. The van der Waals surface area contributed by atoms with E-state index >= 15 is 0 Å². The molecule has 0 radical (unpaired) electrons. The van der Waals surface area contributed by atoms with Gasteiger partial charge < -0.3 is 10.2 Å². The topological polar surface area (TPSA) is 73.1 Å². The standard InChI is InChI=1S/C13H16N2O3/c16-11-6-4-10(5-7-11)9-14-15-8-2-1-3-12(15)13(17)18/h4-7,9,12,16H,1-3,8H2,(H,17,18)/b14-9+. The molecule has 1 unspecified atom stereocenters. The minimum absolute atomic E-state index is 0.202. The van der Waals surface area contributed by atoms with Crippen molar-refractivity contribution >= 4 is 12.2 Å². The number of aliphatic carboxylic acids is 1. The first-order chi connectivity index (χ1) is 8.66. The van der Waals surface area contributed by atoms with Crippen molar-refractivity contribution < 1.29 is 15.0 Å². The van der Waals surface area contributed by atoms with Crippen LogP contribution in [0.1, 0.15) is 24.8 Å². The Morgan fingerprint density at radius 3 is 2.72 bits per heavy atom. The second-order valence-electron chi connectivity index (χ2n) is 4.35. The molecule has 1 heterocycles. The number of phenolic OH excluding ortho intramolecular Hbond substituents is 1. The smallest absolute Gasteiger partial charge is 0.328 e.